The Labute approximate surface area is 207 Å². The Balaban J connectivity index is 1.84. The first-order chi connectivity index (χ1) is 16.6. The zero-order valence-electron chi connectivity index (χ0n) is 19.6. The molecule has 0 fully saturated rings. The van der Waals surface area contributed by atoms with Crippen molar-refractivity contribution in [1.29, 1.82) is 0 Å². The second kappa shape index (κ2) is 12.0. The molecule has 0 radical (unpaired) electrons. The summed E-state index contributed by atoms with van der Waals surface area (Å²) in [5.74, 6) is -2.90. The number of nitrogens with zero attached hydrogens (tertiary/aromatic N) is 1. The minimum atomic E-state index is -0.879. The van der Waals surface area contributed by atoms with E-state index in [1.165, 1.54) is 11.0 Å². The van der Waals surface area contributed by atoms with Gasteiger partial charge in [-0.2, -0.15) is 0 Å². The van der Waals surface area contributed by atoms with E-state index >= 15 is 0 Å². The number of carbonyl (C=O) groups excluding carboxylic acids is 3. The van der Waals surface area contributed by atoms with Crippen LogP contribution in [0.2, 0.25) is 5.02 Å². The fraction of sp³-hybridized carbons (Fsp3) is 0.400. The molecule has 2 aromatic carbocycles. The predicted octanol–water partition coefficient (Wildman–Crippen LogP) is 3.80. The summed E-state index contributed by atoms with van der Waals surface area (Å²) in [5.41, 5.74) is 0.101. The fourth-order valence-electron chi connectivity index (χ4n) is 3.65. The van der Waals surface area contributed by atoms with Gasteiger partial charge in [0.05, 0.1) is 18.2 Å². The van der Waals surface area contributed by atoms with Crippen molar-refractivity contribution in [2.45, 2.75) is 32.7 Å². The Hall–Kier alpha value is -3.20. The summed E-state index contributed by atoms with van der Waals surface area (Å²) in [7, 11) is 0. The van der Waals surface area contributed by atoms with Crippen LogP contribution in [-0.2, 0) is 4.79 Å². The van der Waals surface area contributed by atoms with Crippen molar-refractivity contribution < 1.29 is 27.9 Å². The maximum absolute atomic E-state index is 13.7. The van der Waals surface area contributed by atoms with Gasteiger partial charge < -0.3 is 20.3 Å². The molecule has 0 aliphatic carbocycles. The smallest absolute Gasteiger partial charge is 0.255 e. The van der Waals surface area contributed by atoms with Crippen molar-refractivity contribution in [3.63, 3.8) is 0 Å². The lowest BCUT2D eigenvalue weighted by atomic mass is 10.1. The summed E-state index contributed by atoms with van der Waals surface area (Å²) in [6.07, 6.45) is 0.948. The number of fused-ring (bicyclic) bond motifs is 1. The van der Waals surface area contributed by atoms with Gasteiger partial charge in [0, 0.05) is 29.7 Å². The van der Waals surface area contributed by atoms with E-state index in [0.29, 0.717) is 36.2 Å². The largest absolute Gasteiger partial charge is 0.491 e. The molecule has 7 nitrogen and oxygen atoms in total. The lowest BCUT2D eigenvalue weighted by molar-refractivity contribution is -0.123. The van der Waals surface area contributed by atoms with Crippen LogP contribution in [-0.4, -0.2) is 54.9 Å². The quantitative estimate of drug-likeness (QED) is 0.647. The standard InChI is InChI=1S/C25H28ClF2N3O4/c1-15(2)21-14-35-22-6-5-17(26)11-20(22)24(33)29-7-3-4-8-31(13-23(32)30-21)25(34)16-9-18(27)12-19(28)10-16/h5-6,9-12,15,21H,3-4,7-8,13-14H2,1-2H3,(H,29,33)(H,30,32)/t21-/m1/s1. The molecule has 35 heavy (non-hydrogen) atoms. The second-order valence-electron chi connectivity index (χ2n) is 8.72. The first-order valence-corrected chi connectivity index (χ1v) is 11.8. The van der Waals surface area contributed by atoms with E-state index in [-0.39, 0.29) is 42.6 Å². The number of ether oxygens (including phenoxy) is 1. The second-order valence-corrected chi connectivity index (χ2v) is 9.15. The minimum Gasteiger partial charge on any atom is -0.491 e. The summed E-state index contributed by atoms with van der Waals surface area (Å²) in [4.78, 5) is 39.8. The van der Waals surface area contributed by atoms with Crippen LogP contribution in [0, 0.1) is 17.6 Å². The number of nitrogens with one attached hydrogen (secondary N) is 2. The van der Waals surface area contributed by atoms with E-state index in [4.69, 9.17) is 16.3 Å². The van der Waals surface area contributed by atoms with Crippen LogP contribution in [0.1, 0.15) is 47.4 Å². The molecule has 1 heterocycles. The first-order valence-electron chi connectivity index (χ1n) is 11.4. The third kappa shape index (κ3) is 7.39. The summed E-state index contributed by atoms with van der Waals surface area (Å²) in [6, 6.07) is 6.86. The molecule has 2 aromatic rings. The molecule has 2 N–H and O–H groups in total. The van der Waals surface area contributed by atoms with E-state index in [0.717, 1.165) is 12.1 Å². The molecule has 1 aliphatic heterocycles. The number of amides is 3. The summed E-state index contributed by atoms with van der Waals surface area (Å²) < 4.78 is 33.2. The number of rotatable bonds is 2. The van der Waals surface area contributed by atoms with Crippen molar-refractivity contribution in [2.75, 3.05) is 26.2 Å². The highest BCUT2D eigenvalue weighted by molar-refractivity contribution is 6.31. The molecule has 188 valence electrons. The molecule has 3 amide bonds. The molecule has 3 rings (SSSR count). The molecule has 0 saturated heterocycles. The molecule has 0 bridgehead atoms. The van der Waals surface area contributed by atoms with E-state index in [2.05, 4.69) is 10.6 Å². The van der Waals surface area contributed by atoms with Gasteiger partial charge in [-0.1, -0.05) is 25.4 Å². The van der Waals surface area contributed by atoms with Crippen molar-refractivity contribution in [2.24, 2.45) is 5.92 Å². The van der Waals surface area contributed by atoms with Crippen molar-refractivity contribution in [3.05, 3.63) is 64.2 Å². The van der Waals surface area contributed by atoms with Gasteiger partial charge in [0.15, 0.2) is 0 Å². The average Bonchev–Trinajstić information content (AvgIpc) is 2.79. The van der Waals surface area contributed by atoms with E-state index < -0.39 is 29.5 Å². The van der Waals surface area contributed by atoms with E-state index in [1.54, 1.807) is 12.1 Å². The zero-order valence-corrected chi connectivity index (χ0v) is 20.3. The first kappa shape index (κ1) is 26.4. The van der Waals surface area contributed by atoms with Crippen LogP contribution in [0.15, 0.2) is 36.4 Å². The maximum atomic E-state index is 13.7. The number of hydrogen-bond acceptors (Lipinski definition) is 4. The summed E-state index contributed by atoms with van der Waals surface area (Å²) >= 11 is 6.07. The van der Waals surface area contributed by atoms with E-state index in [1.807, 2.05) is 13.8 Å². The molecular weight excluding hydrogens is 480 g/mol. The van der Waals surface area contributed by atoms with Crippen LogP contribution < -0.4 is 15.4 Å². The van der Waals surface area contributed by atoms with Crippen LogP contribution in [0.5, 0.6) is 5.75 Å². The molecular formula is C25H28ClF2N3O4. The Morgan fingerprint density at radius 1 is 1.11 bits per heavy atom. The lowest BCUT2D eigenvalue weighted by Gasteiger charge is -2.26. The predicted molar refractivity (Wildman–Crippen MR) is 128 cm³/mol. The summed E-state index contributed by atoms with van der Waals surface area (Å²) in [5, 5.41) is 6.06. The van der Waals surface area contributed by atoms with Crippen molar-refractivity contribution in [1.82, 2.24) is 15.5 Å². The molecule has 10 heteroatoms. The highest BCUT2D eigenvalue weighted by Gasteiger charge is 2.24. The molecule has 0 unspecified atom stereocenters. The lowest BCUT2D eigenvalue weighted by Crippen LogP contribution is -2.48. The third-order valence-electron chi connectivity index (χ3n) is 5.63. The van der Waals surface area contributed by atoms with Crippen LogP contribution in [0.4, 0.5) is 8.78 Å². The fourth-order valence-corrected chi connectivity index (χ4v) is 3.82. The Bertz CT molecular complexity index is 1080. The van der Waals surface area contributed by atoms with Gasteiger partial charge in [0.25, 0.3) is 11.8 Å². The molecule has 0 aromatic heterocycles. The van der Waals surface area contributed by atoms with Crippen molar-refractivity contribution in [3.8, 4) is 5.75 Å². The van der Waals surface area contributed by atoms with Gasteiger partial charge >= 0.3 is 0 Å². The zero-order chi connectivity index (χ0) is 25.5. The Morgan fingerprint density at radius 3 is 2.51 bits per heavy atom. The average molecular weight is 508 g/mol. The SMILES string of the molecule is CC(C)[C@H]1COc2ccc(Cl)cc2C(=O)NCCCCN(C(=O)c2cc(F)cc(F)c2)CC(=O)N1. The number of carbonyl (C=O) groups is 3. The van der Waals surface area contributed by atoms with Gasteiger partial charge in [-0.15, -0.1) is 0 Å². The van der Waals surface area contributed by atoms with E-state index in [9.17, 15) is 23.2 Å². The summed E-state index contributed by atoms with van der Waals surface area (Å²) in [6.45, 7) is 4.05. The van der Waals surface area contributed by atoms with Gasteiger partial charge in [-0.25, -0.2) is 8.78 Å². The van der Waals surface area contributed by atoms with Gasteiger partial charge in [0.1, 0.15) is 24.0 Å². The Kier molecular flexibility index (Phi) is 9.03. The van der Waals surface area contributed by atoms with Crippen LogP contribution in [0.3, 0.4) is 0 Å². The maximum Gasteiger partial charge on any atom is 0.255 e. The molecule has 0 spiro atoms. The monoisotopic (exact) mass is 507 g/mol. The highest BCUT2D eigenvalue weighted by Crippen LogP contribution is 2.24. The highest BCUT2D eigenvalue weighted by atomic mass is 35.5. The topological polar surface area (TPSA) is 87.7 Å². The molecule has 1 aliphatic rings. The minimum absolute atomic E-state index is 0.0272. The number of benzene rings is 2. The molecule has 0 saturated carbocycles. The van der Waals surface area contributed by atoms with Gasteiger partial charge in [-0.3, -0.25) is 14.4 Å². The number of halogens is 3. The molecule has 1 atom stereocenters. The van der Waals surface area contributed by atoms with Crippen LogP contribution >= 0.6 is 11.6 Å². The van der Waals surface area contributed by atoms with Gasteiger partial charge in [0.2, 0.25) is 5.91 Å². The normalized spacial score (nSPS) is 18.0. The van der Waals surface area contributed by atoms with Gasteiger partial charge in [-0.05, 0) is 49.1 Å². The van der Waals surface area contributed by atoms with Crippen LogP contribution in [0.25, 0.3) is 0 Å². The number of hydrogen-bond donors (Lipinski definition) is 2. The Morgan fingerprint density at radius 2 is 1.83 bits per heavy atom. The van der Waals surface area contributed by atoms with Crippen molar-refractivity contribution >= 4 is 29.3 Å². The third-order valence-corrected chi connectivity index (χ3v) is 5.86.